The molecule has 3 aliphatic rings. The molecule has 0 aromatic heterocycles. The molecule has 0 bridgehead atoms. The quantitative estimate of drug-likeness (QED) is 0.716. The lowest BCUT2D eigenvalue weighted by atomic mass is 10.0. The smallest absolute Gasteiger partial charge is 0.254 e. The Labute approximate surface area is 183 Å². The van der Waals surface area contributed by atoms with Crippen LogP contribution in [0.3, 0.4) is 0 Å². The van der Waals surface area contributed by atoms with Gasteiger partial charge < -0.3 is 9.64 Å². The van der Waals surface area contributed by atoms with Crippen molar-refractivity contribution in [1.29, 1.82) is 0 Å². The largest absolute Gasteiger partial charge is 0.379 e. The van der Waals surface area contributed by atoms with E-state index in [2.05, 4.69) is 18.2 Å². The molecule has 1 aliphatic heterocycles. The molecule has 1 saturated heterocycles. The lowest BCUT2D eigenvalue weighted by Gasteiger charge is -2.31. The van der Waals surface area contributed by atoms with Gasteiger partial charge in [0, 0.05) is 24.7 Å². The second kappa shape index (κ2) is 8.04. The zero-order valence-corrected chi connectivity index (χ0v) is 18.6. The number of nitrogens with zero attached hydrogens (tertiary/aromatic N) is 2. The summed E-state index contributed by atoms with van der Waals surface area (Å²) >= 11 is 0. The van der Waals surface area contributed by atoms with E-state index in [1.807, 2.05) is 17.9 Å². The zero-order chi connectivity index (χ0) is 21.6. The number of fused-ring (bicyclic) bond motifs is 1. The minimum atomic E-state index is -3.65. The van der Waals surface area contributed by atoms with Crippen molar-refractivity contribution >= 4 is 15.9 Å². The van der Waals surface area contributed by atoms with E-state index in [4.69, 9.17) is 4.74 Å². The molecule has 7 heteroatoms. The van der Waals surface area contributed by atoms with E-state index in [0.29, 0.717) is 31.9 Å². The fourth-order valence-electron chi connectivity index (χ4n) is 4.81. The fourth-order valence-corrected chi connectivity index (χ4v) is 6.24. The molecule has 2 aromatic carbocycles. The van der Waals surface area contributed by atoms with E-state index in [-0.39, 0.29) is 22.9 Å². The van der Waals surface area contributed by atoms with Gasteiger partial charge in [0.25, 0.3) is 5.91 Å². The van der Waals surface area contributed by atoms with Gasteiger partial charge in [-0.25, -0.2) is 8.42 Å². The molecule has 2 aromatic rings. The third-order valence-corrected chi connectivity index (χ3v) is 8.55. The van der Waals surface area contributed by atoms with Crippen LogP contribution in [0, 0.1) is 6.92 Å². The average molecular weight is 441 g/mol. The summed E-state index contributed by atoms with van der Waals surface area (Å²) in [7, 11) is -3.65. The maximum absolute atomic E-state index is 13.8. The van der Waals surface area contributed by atoms with Crippen molar-refractivity contribution in [2.75, 3.05) is 26.3 Å². The molecule has 6 nitrogen and oxygen atoms in total. The van der Waals surface area contributed by atoms with Crippen LogP contribution in [0.2, 0.25) is 0 Å². The lowest BCUT2D eigenvalue weighted by molar-refractivity contribution is 0.0657. The first-order valence-electron chi connectivity index (χ1n) is 11.1. The van der Waals surface area contributed by atoms with Gasteiger partial charge in [-0.05, 0) is 61.4 Å². The number of amides is 1. The summed E-state index contributed by atoms with van der Waals surface area (Å²) < 4.78 is 33.1. The highest BCUT2D eigenvalue weighted by molar-refractivity contribution is 7.89. The minimum Gasteiger partial charge on any atom is -0.379 e. The average Bonchev–Trinajstić information content (AvgIpc) is 3.54. The molecule has 164 valence electrons. The number of rotatable bonds is 5. The van der Waals surface area contributed by atoms with Crippen molar-refractivity contribution in [2.45, 2.75) is 49.6 Å². The van der Waals surface area contributed by atoms with Crippen molar-refractivity contribution in [3.05, 3.63) is 64.7 Å². The molecule has 1 atom stereocenters. The Bertz CT molecular complexity index is 1100. The van der Waals surface area contributed by atoms with Gasteiger partial charge in [-0.2, -0.15) is 4.31 Å². The molecule has 2 aliphatic carbocycles. The van der Waals surface area contributed by atoms with Crippen LogP contribution in [0.1, 0.15) is 52.4 Å². The Balaban J connectivity index is 1.49. The highest BCUT2D eigenvalue weighted by Crippen LogP contribution is 2.43. The number of hydrogen-bond donors (Lipinski definition) is 0. The minimum absolute atomic E-state index is 0.0549. The van der Waals surface area contributed by atoms with Crippen LogP contribution in [-0.4, -0.2) is 55.9 Å². The molecule has 1 unspecified atom stereocenters. The summed E-state index contributed by atoms with van der Waals surface area (Å²) in [6.45, 7) is 3.35. The Morgan fingerprint density at radius 1 is 1.06 bits per heavy atom. The molecular formula is C24H28N2O4S. The SMILES string of the molecule is Cc1ccc(S(=O)(=O)N2CCOCC2)cc1C(=O)N(C1CC1)C1CCc2ccccc21. The van der Waals surface area contributed by atoms with Crippen LogP contribution in [-0.2, 0) is 21.2 Å². The Morgan fingerprint density at radius 2 is 1.81 bits per heavy atom. The van der Waals surface area contributed by atoms with E-state index in [9.17, 15) is 13.2 Å². The van der Waals surface area contributed by atoms with Gasteiger partial charge in [0.15, 0.2) is 0 Å². The van der Waals surface area contributed by atoms with Crippen molar-refractivity contribution in [1.82, 2.24) is 9.21 Å². The second-order valence-electron chi connectivity index (χ2n) is 8.69. The molecule has 5 rings (SSSR count). The number of carbonyl (C=O) groups excluding carboxylic acids is 1. The molecule has 1 saturated carbocycles. The van der Waals surface area contributed by atoms with Crippen molar-refractivity contribution in [3.63, 3.8) is 0 Å². The van der Waals surface area contributed by atoms with Gasteiger partial charge >= 0.3 is 0 Å². The van der Waals surface area contributed by atoms with Crippen molar-refractivity contribution < 1.29 is 17.9 Å². The number of aryl methyl sites for hydroxylation is 2. The van der Waals surface area contributed by atoms with E-state index in [1.54, 1.807) is 18.2 Å². The van der Waals surface area contributed by atoms with E-state index >= 15 is 0 Å². The maximum atomic E-state index is 13.8. The number of morpholine rings is 1. The lowest BCUT2D eigenvalue weighted by Crippen LogP contribution is -2.41. The van der Waals surface area contributed by atoms with Crippen LogP contribution in [0.25, 0.3) is 0 Å². The first-order valence-corrected chi connectivity index (χ1v) is 12.5. The van der Waals surface area contributed by atoms with Crippen molar-refractivity contribution in [2.24, 2.45) is 0 Å². The molecule has 0 N–H and O–H groups in total. The summed E-state index contributed by atoms with van der Waals surface area (Å²) in [5.74, 6) is -0.0549. The highest BCUT2D eigenvalue weighted by atomic mass is 32.2. The number of benzene rings is 2. The zero-order valence-electron chi connectivity index (χ0n) is 17.8. The predicted octanol–water partition coefficient (Wildman–Crippen LogP) is 3.31. The van der Waals surface area contributed by atoms with Gasteiger partial charge in [0.2, 0.25) is 10.0 Å². The standard InChI is InChI=1S/C24H28N2O4S/c1-17-6-10-20(31(28,29)25-12-14-30-15-13-25)16-22(17)24(27)26(19-8-9-19)23-11-7-18-4-2-3-5-21(18)23/h2-6,10,16,19,23H,7-9,11-15H2,1H3. The van der Waals surface area contributed by atoms with Crippen LogP contribution in [0.4, 0.5) is 0 Å². The van der Waals surface area contributed by atoms with Crippen molar-refractivity contribution in [3.8, 4) is 0 Å². The second-order valence-corrected chi connectivity index (χ2v) is 10.6. The van der Waals surface area contributed by atoms with E-state index in [0.717, 1.165) is 31.2 Å². The summed E-state index contributed by atoms with van der Waals surface area (Å²) in [6, 6.07) is 13.6. The Hall–Kier alpha value is -2.22. The van der Waals surface area contributed by atoms with E-state index < -0.39 is 10.0 Å². The normalized spacial score (nSPS) is 21.6. The van der Waals surface area contributed by atoms with Crippen LogP contribution < -0.4 is 0 Å². The number of hydrogen-bond acceptors (Lipinski definition) is 4. The first kappa shape index (κ1) is 20.7. The summed E-state index contributed by atoms with van der Waals surface area (Å²) in [5.41, 5.74) is 3.84. The number of sulfonamides is 1. The molecule has 0 spiro atoms. The maximum Gasteiger partial charge on any atom is 0.254 e. The van der Waals surface area contributed by atoms with Gasteiger partial charge in [0.1, 0.15) is 0 Å². The van der Waals surface area contributed by atoms with Crippen LogP contribution >= 0.6 is 0 Å². The number of ether oxygens (including phenoxy) is 1. The first-order chi connectivity index (χ1) is 15.0. The summed E-state index contributed by atoms with van der Waals surface area (Å²) in [4.78, 5) is 16.0. The Morgan fingerprint density at radius 3 is 2.55 bits per heavy atom. The molecule has 1 heterocycles. The summed E-state index contributed by atoms with van der Waals surface area (Å²) in [5, 5.41) is 0. The van der Waals surface area contributed by atoms with Crippen LogP contribution in [0.5, 0.6) is 0 Å². The molecule has 0 radical (unpaired) electrons. The Kier molecular flexibility index (Phi) is 5.36. The monoisotopic (exact) mass is 440 g/mol. The van der Waals surface area contributed by atoms with Gasteiger partial charge in [-0.3, -0.25) is 4.79 Å². The third-order valence-electron chi connectivity index (χ3n) is 6.66. The third kappa shape index (κ3) is 3.79. The molecular weight excluding hydrogens is 412 g/mol. The fraction of sp³-hybridized carbons (Fsp3) is 0.458. The molecule has 2 fully saturated rings. The van der Waals surface area contributed by atoms with Gasteiger partial charge in [-0.15, -0.1) is 0 Å². The summed E-state index contributed by atoms with van der Waals surface area (Å²) in [6.07, 6.45) is 3.92. The van der Waals surface area contributed by atoms with Gasteiger partial charge in [0.05, 0.1) is 24.2 Å². The highest BCUT2D eigenvalue weighted by Gasteiger charge is 2.41. The number of carbonyl (C=O) groups is 1. The predicted molar refractivity (Wildman–Crippen MR) is 117 cm³/mol. The molecule has 1 amide bonds. The van der Waals surface area contributed by atoms with Gasteiger partial charge in [-0.1, -0.05) is 30.3 Å². The topological polar surface area (TPSA) is 66.9 Å². The molecule has 31 heavy (non-hydrogen) atoms. The van der Waals surface area contributed by atoms with E-state index in [1.165, 1.54) is 15.4 Å². The van der Waals surface area contributed by atoms with Crippen LogP contribution in [0.15, 0.2) is 47.4 Å².